The molecular formula is C14H18O5S. The highest BCUT2D eigenvalue weighted by Gasteiger charge is 2.38. The third kappa shape index (κ3) is 2.68. The lowest BCUT2D eigenvalue weighted by Crippen LogP contribution is -2.29. The topological polar surface area (TPSA) is 83.8 Å². The second kappa shape index (κ2) is 5.02. The first kappa shape index (κ1) is 13.9. The molecule has 110 valence electrons. The van der Waals surface area contributed by atoms with Crippen LogP contribution in [-0.4, -0.2) is 42.3 Å². The number of aliphatic hydroxyl groups excluding tert-OH is 2. The molecule has 0 bridgehead atoms. The van der Waals surface area contributed by atoms with Crippen molar-refractivity contribution in [3.05, 3.63) is 29.3 Å². The molecule has 1 fully saturated rings. The van der Waals surface area contributed by atoms with Crippen molar-refractivity contribution in [2.24, 2.45) is 0 Å². The maximum atomic E-state index is 11.4. The number of aliphatic hydroxyl groups is 2. The highest BCUT2D eigenvalue weighted by atomic mass is 32.2. The lowest BCUT2D eigenvalue weighted by atomic mass is 9.89. The summed E-state index contributed by atoms with van der Waals surface area (Å²) in [5.74, 6) is 0.175. The molecular weight excluding hydrogens is 280 g/mol. The smallest absolute Gasteiger partial charge is 0.156 e. The van der Waals surface area contributed by atoms with Crippen molar-refractivity contribution in [1.29, 1.82) is 0 Å². The molecule has 20 heavy (non-hydrogen) atoms. The quantitative estimate of drug-likeness (QED) is 0.835. The number of aryl methyl sites for hydroxylation is 1. The van der Waals surface area contributed by atoms with Crippen LogP contribution in [0.2, 0.25) is 0 Å². The summed E-state index contributed by atoms with van der Waals surface area (Å²) < 4.78 is 28.5. The van der Waals surface area contributed by atoms with Crippen LogP contribution in [0.4, 0.5) is 0 Å². The summed E-state index contributed by atoms with van der Waals surface area (Å²) in [6.07, 6.45) is 0.485. The Hall–Kier alpha value is -1.11. The molecule has 0 saturated carbocycles. The summed E-state index contributed by atoms with van der Waals surface area (Å²) in [5, 5.41) is 19.6. The Morgan fingerprint density at radius 2 is 2.00 bits per heavy atom. The molecule has 2 aliphatic rings. The minimum Gasteiger partial charge on any atom is -0.487 e. The first-order valence-corrected chi connectivity index (χ1v) is 8.63. The summed E-state index contributed by atoms with van der Waals surface area (Å²) in [5.41, 5.74) is 1.96. The molecule has 2 N–H and O–H groups in total. The second-order valence-corrected chi connectivity index (χ2v) is 7.72. The van der Waals surface area contributed by atoms with Crippen molar-refractivity contribution in [3.63, 3.8) is 0 Å². The van der Waals surface area contributed by atoms with Crippen molar-refractivity contribution >= 4 is 9.84 Å². The van der Waals surface area contributed by atoms with Crippen molar-refractivity contribution in [2.75, 3.05) is 11.5 Å². The third-order valence-electron chi connectivity index (χ3n) is 3.96. The van der Waals surface area contributed by atoms with Crippen molar-refractivity contribution in [1.82, 2.24) is 0 Å². The molecule has 0 spiro atoms. The van der Waals surface area contributed by atoms with Crippen LogP contribution in [0.3, 0.4) is 0 Å². The van der Waals surface area contributed by atoms with Crippen LogP contribution in [0.1, 0.15) is 30.1 Å². The fourth-order valence-electron chi connectivity index (χ4n) is 2.92. The van der Waals surface area contributed by atoms with E-state index in [4.69, 9.17) is 4.74 Å². The van der Waals surface area contributed by atoms with Crippen molar-refractivity contribution in [2.45, 2.75) is 37.6 Å². The van der Waals surface area contributed by atoms with Gasteiger partial charge in [-0.1, -0.05) is 6.07 Å². The number of sulfone groups is 1. The summed E-state index contributed by atoms with van der Waals surface area (Å²) in [6.45, 7) is 0. The van der Waals surface area contributed by atoms with E-state index < -0.39 is 28.1 Å². The van der Waals surface area contributed by atoms with Crippen LogP contribution in [0, 0.1) is 0 Å². The fraction of sp³-hybridized carbons (Fsp3) is 0.571. The zero-order valence-electron chi connectivity index (χ0n) is 11.0. The molecule has 0 amide bonds. The molecule has 1 aromatic carbocycles. The number of hydrogen-bond acceptors (Lipinski definition) is 5. The fourth-order valence-corrected chi connectivity index (χ4v) is 4.58. The molecule has 3 atom stereocenters. The maximum absolute atomic E-state index is 11.4. The van der Waals surface area contributed by atoms with E-state index in [1.165, 1.54) is 0 Å². The third-order valence-corrected chi connectivity index (χ3v) is 5.64. The van der Waals surface area contributed by atoms with E-state index in [9.17, 15) is 18.6 Å². The molecule has 1 saturated heterocycles. The van der Waals surface area contributed by atoms with Gasteiger partial charge >= 0.3 is 0 Å². The Morgan fingerprint density at radius 1 is 1.20 bits per heavy atom. The van der Waals surface area contributed by atoms with Crippen LogP contribution in [-0.2, 0) is 16.3 Å². The van der Waals surface area contributed by atoms with Gasteiger partial charge in [-0.3, -0.25) is 0 Å². The van der Waals surface area contributed by atoms with E-state index in [0.29, 0.717) is 5.75 Å². The Morgan fingerprint density at radius 3 is 2.70 bits per heavy atom. The first-order valence-electron chi connectivity index (χ1n) is 6.81. The van der Waals surface area contributed by atoms with Gasteiger partial charge in [-0.2, -0.15) is 0 Å². The number of benzene rings is 1. The lowest BCUT2D eigenvalue weighted by Gasteiger charge is -2.23. The molecule has 0 radical (unpaired) electrons. The lowest BCUT2D eigenvalue weighted by molar-refractivity contribution is 0.0736. The zero-order valence-corrected chi connectivity index (χ0v) is 11.8. The van der Waals surface area contributed by atoms with E-state index in [-0.39, 0.29) is 11.5 Å². The van der Waals surface area contributed by atoms with Crippen LogP contribution >= 0.6 is 0 Å². The Kier molecular flexibility index (Phi) is 3.48. The minimum absolute atomic E-state index is 0.145. The predicted molar refractivity (Wildman–Crippen MR) is 73.4 cm³/mol. The van der Waals surface area contributed by atoms with Gasteiger partial charge in [0.05, 0.1) is 17.6 Å². The molecule has 1 aliphatic carbocycles. The van der Waals surface area contributed by atoms with Gasteiger partial charge in [-0.15, -0.1) is 0 Å². The molecule has 3 rings (SSSR count). The molecule has 1 aliphatic heterocycles. The van der Waals surface area contributed by atoms with Crippen molar-refractivity contribution < 1.29 is 23.4 Å². The highest BCUT2D eigenvalue weighted by molar-refractivity contribution is 7.91. The maximum Gasteiger partial charge on any atom is 0.156 e. The average Bonchev–Trinajstić information content (AvgIpc) is 2.62. The first-order chi connectivity index (χ1) is 9.44. The van der Waals surface area contributed by atoms with E-state index in [1.807, 2.05) is 12.1 Å². The summed E-state index contributed by atoms with van der Waals surface area (Å²) >= 11 is 0. The van der Waals surface area contributed by atoms with Crippen LogP contribution < -0.4 is 4.74 Å². The molecule has 3 unspecified atom stereocenters. The molecule has 0 aromatic heterocycles. The van der Waals surface area contributed by atoms with Gasteiger partial charge in [0.2, 0.25) is 0 Å². The van der Waals surface area contributed by atoms with Gasteiger partial charge in [0.15, 0.2) is 9.84 Å². The summed E-state index contributed by atoms with van der Waals surface area (Å²) in [4.78, 5) is 0. The van der Waals surface area contributed by atoms with Gasteiger partial charge in [0.1, 0.15) is 18.0 Å². The van der Waals surface area contributed by atoms with E-state index >= 15 is 0 Å². The Labute approximate surface area is 118 Å². The van der Waals surface area contributed by atoms with E-state index in [2.05, 4.69) is 0 Å². The van der Waals surface area contributed by atoms with Crippen LogP contribution in [0.15, 0.2) is 18.2 Å². The van der Waals surface area contributed by atoms with Gasteiger partial charge in [0, 0.05) is 0 Å². The normalized spacial score (nSPS) is 31.8. The van der Waals surface area contributed by atoms with Crippen molar-refractivity contribution in [3.8, 4) is 5.75 Å². The SMILES string of the molecule is O=S1(=O)CC(O)C(Oc2ccc3c(c2)CCCC3O)C1. The Balaban J connectivity index is 1.79. The monoisotopic (exact) mass is 298 g/mol. The van der Waals surface area contributed by atoms with Crippen LogP contribution in [0.5, 0.6) is 5.75 Å². The Bertz CT molecular complexity index is 610. The molecule has 5 nitrogen and oxygen atoms in total. The van der Waals surface area contributed by atoms with Crippen LogP contribution in [0.25, 0.3) is 0 Å². The van der Waals surface area contributed by atoms with E-state index in [0.717, 1.165) is 30.4 Å². The highest BCUT2D eigenvalue weighted by Crippen LogP contribution is 2.32. The number of rotatable bonds is 2. The predicted octanol–water partition coefficient (Wildman–Crippen LogP) is 0.593. The zero-order chi connectivity index (χ0) is 14.3. The standard InChI is InChI=1S/C14H18O5S/c15-12-3-1-2-9-6-10(4-5-11(9)12)19-14-8-20(17,18)7-13(14)16/h4-6,12-16H,1-3,7-8H2. The average molecular weight is 298 g/mol. The molecule has 6 heteroatoms. The number of hydrogen-bond donors (Lipinski definition) is 2. The van der Waals surface area contributed by atoms with E-state index in [1.54, 1.807) is 6.07 Å². The van der Waals surface area contributed by atoms with Gasteiger partial charge in [-0.05, 0) is 42.5 Å². The van der Waals surface area contributed by atoms with Gasteiger partial charge < -0.3 is 14.9 Å². The number of fused-ring (bicyclic) bond motifs is 1. The van der Waals surface area contributed by atoms with Gasteiger partial charge in [-0.25, -0.2) is 8.42 Å². The minimum atomic E-state index is -3.21. The number of ether oxygens (including phenoxy) is 1. The summed E-state index contributed by atoms with van der Waals surface area (Å²) in [6, 6.07) is 5.39. The molecule has 1 aromatic rings. The largest absolute Gasteiger partial charge is 0.487 e. The van der Waals surface area contributed by atoms with Gasteiger partial charge in [0.25, 0.3) is 0 Å². The second-order valence-electron chi connectivity index (χ2n) is 5.57. The molecule has 1 heterocycles. The summed E-state index contributed by atoms with van der Waals surface area (Å²) in [7, 11) is -3.21.